The SMILES string of the molecule is CC(C)(C)OC(=O)NCc1cc(F)c(NS(=O)(=O)C2CCCC=C2C(=O)OCCOCCOCCOCCOCCOCCOCCN)c(F)c1. The summed E-state index contributed by atoms with van der Waals surface area (Å²) in [6.45, 7) is 9.62. The number of carbonyl (C=O) groups is 2. The minimum absolute atomic E-state index is 0.0420. The minimum atomic E-state index is -4.46. The highest BCUT2D eigenvalue weighted by atomic mass is 32.2. The molecule has 0 aliphatic heterocycles. The van der Waals surface area contributed by atoms with Crippen LogP contribution in [0.25, 0.3) is 0 Å². The second-order valence-electron chi connectivity index (χ2n) is 12.1. The molecule has 292 valence electrons. The Hall–Kier alpha value is -2.97. The largest absolute Gasteiger partial charge is 0.460 e. The number of hydrogen-bond acceptors (Lipinski definition) is 13. The van der Waals surface area contributed by atoms with Gasteiger partial charge in [-0.1, -0.05) is 6.08 Å². The second kappa shape index (κ2) is 24.3. The fourth-order valence-corrected chi connectivity index (χ4v) is 6.10. The van der Waals surface area contributed by atoms with Crippen molar-refractivity contribution in [3.63, 3.8) is 0 Å². The molecule has 1 amide bonds. The van der Waals surface area contributed by atoms with E-state index in [0.29, 0.717) is 78.8 Å². The number of hydrogen-bond donors (Lipinski definition) is 3. The molecule has 0 saturated heterocycles. The summed E-state index contributed by atoms with van der Waals surface area (Å²) in [6.07, 6.45) is 1.59. The number of allylic oxidation sites excluding steroid dienone is 1. The van der Waals surface area contributed by atoms with E-state index in [1.807, 2.05) is 4.72 Å². The van der Waals surface area contributed by atoms with Crippen LogP contribution in [-0.4, -0.2) is 124 Å². The summed E-state index contributed by atoms with van der Waals surface area (Å²) in [5.74, 6) is -3.25. The zero-order valence-electron chi connectivity index (χ0n) is 29.7. The summed E-state index contributed by atoms with van der Waals surface area (Å²) in [5, 5.41) is 0.990. The summed E-state index contributed by atoms with van der Waals surface area (Å²) in [7, 11) is -4.46. The van der Waals surface area contributed by atoms with E-state index in [-0.39, 0.29) is 50.5 Å². The standard InChI is InChI=1S/C33H53F2N3O12S/c1-33(2,3)50-32(40)37-24-25-22-27(34)30(28(35)23-25)38-51(41,42)29-7-5-4-6-26(29)31(39)49-21-20-48-19-18-47-17-16-46-15-14-45-13-12-44-11-10-43-9-8-36/h6,22-23,29,38H,4-5,7-21,24,36H2,1-3H3,(H,37,40). The van der Waals surface area contributed by atoms with E-state index < -0.39 is 50.3 Å². The molecule has 1 aromatic rings. The molecule has 0 fully saturated rings. The summed E-state index contributed by atoms with van der Waals surface area (Å²) < 4.78 is 101. The van der Waals surface area contributed by atoms with Gasteiger partial charge >= 0.3 is 12.1 Å². The normalized spacial score (nSPS) is 14.9. The van der Waals surface area contributed by atoms with Crippen LogP contribution in [0.1, 0.15) is 45.6 Å². The fourth-order valence-electron chi connectivity index (χ4n) is 4.47. The topological polar surface area (TPSA) is 192 Å². The van der Waals surface area contributed by atoms with Gasteiger partial charge in [-0.05, 0) is 57.7 Å². The van der Waals surface area contributed by atoms with Crippen LogP contribution in [-0.2, 0) is 59.3 Å². The van der Waals surface area contributed by atoms with E-state index in [1.165, 1.54) is 6.08 Å². The summed E-state index contributed by atoms with van der Waals surface area (Å²) in [6, 6.07) is 1.79. The lowest BCUT2D eigenvalue weighted by molar-refractivity contribution is -0.141. The van der Waals surface area contributed by atoms with Gasteiger partial charge in [0.05, 0.1) is 84.9 Å². The number of nitrogens with two attached hydrogens (primary N) is 1. The van der Waals surface area contributed by atoms with Gasteiger partial charge in [0.25, 0.3) is 0 Å². The van der Waals surface area contributed by atoms with E-state index >= 15 is 0 Å². The minimum Gasteiger partial charge on any atom is -0.460 e. The predicted molar refractivity (Wildman–Crippen MR) is 183 cm³/mol. The molecule has 51 heavy (non-hydrogen) atoms. The van der Waals surface area contributed by atoms with E-state index in [9.17, 15) is 26.8 Å². The van der Waals surface area contributed by atoms with Crippen LogP contribution in [0, 0.1) is 11.6 Å². The third kappa shape index (κ3) is 18.9. The molecule has 4 N–H and O–H groups in total. The maximum absolute atomic E-state index is 14.9. The average molecular weight is 754 g/mol. The number of amides is 1. The van der Waals surface area contributed by atoms with Crippen molar-refractivity contribution in [2.75, 3.05) is 97.2 Å². The number of sulfonamides is 1. The highest BCUT2D eigenvalue weighted by Crippen LogP contribution is 2.29. The molecule has 18 heteroatoms. The molecule has 0 radical (unpaired) electrons. The van der Waals surface area contributed by atoms with Crippen molar-refractivity contribution < 1.29 is 64.7 Å². The zero-order valence-corrected chi connectivity index (χ0v) is 30.5. The monoisotopic (exact) mass is 753 g/mol. The number of esters is 1. The molecule has 0 heterocycles. The molecule has 2 rings (SSSR count). The van der Waals surface area contributed by atoms with Crippen LogP contribution in [0.3, 0.4) is 0 Å². The number of halogens is 2. The molecular weight excluding hydrogens is 700 g/mol. The third-order valence-corrected chi connectivity index (χ3v) is 8.48. The van der Waals surface area contributed by atoms with Gasteiger partial charge in [-0.3, -0.25) is 4.72 Å². The lowest BCUT2D eigenvalue weighted by Crippen LogP contribution is -2.35. The number of nitrogens with one attached hydrogen (secondary N) is 2. The van der Waals surface area contributed by atoms with Crippen LogP contribution in [0.15, 0.2) is 23.8 Å². The number of anilines is 1. The number of ether oxygens (including phenoxy) is 8. The molecule has 1 aliphatic carbocycles. The molecular formula is C33H53F2N3O12S. The molecule has 1 aliphatic rings. The van der Waals surface area contributed by atoms with Crippen molar-refractivity contribution in [3.05, 3.63) is 41.0 Å². The van der Waals surface area contributed by atoms with Crippen molar-refractivity contribution in [2.24, 2.45) is 5.73 Å². The van der Waals surface area contributed by atoms with Gasteiger partial charge < -0.3 is 48.9 Å². The van der Waals surface area contributed by atoms with Gasteiger partial charge in [-0.15, -0.1) is 0 Å². The average Bonchev–Trinajstić information content (AvgIpc) is 3.07. The van der Waals surface area contributed by atoms with Crippen molar-refractivity contribution in [1.82, 2.24) is 5.32 Å². The highest BCUT2D eigenvalue weighted by Gasteiger charge is 2.36. The molecule has 0 spiro atoms. The van der Waals surface area contributed by atoms with E-state index in [1.54, 1.807) is 20.8 Å². The van der Waals surface area contributed by atoms with Gasteiger partial charge in [-0.2, -0.15) is 0 Å². The smallest absolute Gasteiger partial charge is 0.407 e. The highest BCUT2D eigenvalue weighted by molar-refractivity contribution is 7.93. The van der Waals surface area contributed by atoms with Gasteiger partial charge in [-0.25, -0.2) is 26.8 Å². The van der Waals surface area contributed by atoms with Gasteiger partial charge in [0.2, 0.25) is 10.0 Å². The lowest BCUT2D eigenvalue weighted by atomic mass is 9.99. The zero-order chi connectivity index (χ0) is 37.5. The molecule has 0 bridgehead atoms. The number of rotatable bonds is 26. The van der Waals surface area contributed by atoms with E-state index in [2.05, 4.69) is 5.32 Å². The first-order valence-electron chi connectivity index (χ1n) is 16.8. The Bertz CT molecular complexity index is 1310. The van der Waals surface area contributed by atoms with Crippen LogP contribution < -0.4 is 15.8 Å². The Labute approximate surface area is 298 Å². The molecule has 0 saturated carbocycles. The maximum atomic E-state index is 14.9. The summed E-state index contributed by atoms with van der Waals surface area (Å²) in [4.78, 5) is 24.7. The van der Waals surface area contributed by atoms with Gasteiger partial charge in [0.1, 0.15) is 23.1 Å². The van der Waals surface area contributed by atoms with Crippen LogP contribution in [0.4, 0.5) is 19.3 Å². The summed E-state index contributed by atoms with van der Waals surface area (Å²) in [5.41, 5.74) is 3.57. The lowest BCUT2D eigenvalue weighted by Gasteiger charge is -2.24. The van der Waals surface area contributed by atoms with Crippen LogP contribution in [0.5, 0.6) is 0 Å². The molecule has 1 unspecified atom stereocenters. The maximum Gasteiger partial charge on any atom is 0.407 e. The van der Waals surface area contributed by atoms with Crippen molar-refractivity contribution >= 4 is 27.8 Å². The third-order valence-electron chi connectivity index (χ3n) is 6.76. The van der Waals surface area contributed by atoms with Crippen LogP contribution >= 0.6 is 0 Å². The Kier molecular flexibility index (Phi) is 21.1. The first-order valence-corrected chi connectivity index (χ1v) is 18.4. The molecule has 0 aromatic heterocycles. The molecule has 15 nitrogen and oxygen atoms in total. The van der Waals surface area contributed by atoms with Gasteiger partial charge in [0, 0.05) is 13.1 Å². The quantitative estimate of drug-likeness (QED) is 0.0926. The van der Waals surface area contributed by atoms with Crippen molar-refractivity contribution in [2.45, 2.75) is 57.4 Å². The first-order chi connectivity index (χ1) is 24.3. The Morgan fingerprint density at radius 1 is 0.804 bits per heavy atom. The summed E-state index contributed by atoms with van der Waals surface area (Å²) >= 11 is 0. The fraction of sp³-hybridized carbons (Fsp3) is 0.697. The molecule has 1 aromatic carbocycles. The molecule has 1 atom stereocenters. The Balaban J connectivity index is 1.64. The predicted octanol–water partition coefficient (Wildman–Crippen LogP) is 2.81. The second-order valence-corrected chi connectivity index (χ2v) is 14.0. The van der Waals surface area contributed by atoms with E-state index in [4.69, 9.17) is 43.6 Å². The Morgan fingerprint density at radius 3 is 1.75 bits per heavy atom. The first kappa shape index (κ1) is 44.2. The van der Waals surface area contributed by atoms with E-state index in [0.717, 1.165) is 12.1 Å². The Morgan fingerprint density at radius 2 is 1.27 bits per heavy atom. The van der Waals surface area contributed by atoms with Crippen molar-refractivity contribution in [1.29, 1.82) is 0 Å². The number of carbonyl (C=O) groups excluding carboxylic acids is 2. The number of alkyl carbamates (subject to hydrolysis) is 1. The van der Waals surface area contributed by atoms with Crippen LogP contribution in [0.2, 0.25) is 0 Å². The van der Waals surface area contributed by atoms with Gasteiger partial charge in [0.15, 0.2) is 11.6 Å². The number of benzene rings is 1. The van der Waals surface area contributed by atoms with Crippen molar-refractivity contribution in [3.8, 4) is 0 Å².